The van der Waals surface area contributed by atoms with Crippen LogP contribution >= 0.6 is 0 Å². The summed E-state index contributed by atoms with van der Waals surface area (Å²) in [5.74, 6) is 0.998. The molecule has 0 bridgehead atoms. The van der Waals surface area contributed by atoms with Crippen LogP contribution in [-0.2, 0) is 17.8 Å². The molecule has 1 aliphatic carbocycles. The van der Waals surface area contributed by atoms with Crippen molar-refractivity contribution in [3.63, 3.8) is 0 Å². The molecule has 0 radical (unpaired) electrons. The second kappa shape index (κ2) is 5.27. The van der Waals surface area contributed by atoms with Gasteiger partial charge in [-0.1, -0.05) is 46.6 Å². The van der Waals surface area contributed by atoms with Crippen LogP contribution in [0, 0.1) is 20.8 Å². The lowest BCUT2D eigenvalue weighted by Crippen LogP contribution is -2.34. The molecule has 0 saturated carbocycles. The highest BCUT2D eigenvalue weighted by molar-refractivity contribution is 5.43. The SMILES string of the molecule is Cc1cc(C)c(-[n+]2cn3c(n2)CO[C@H]2Cc4ccccc4[C@H]23)c(C)c1. The van der Waals surface area contributed by atoms with Crippen LogP contribution in [0.1, 0.15) is 39.7 Å². The number of hydrogen-bond donors (Lipinski definition) is 0. The van der Waals surface area contributed by atoms with Crippen molar-refractivity contribution >= 4 is 0 Å². The van der Waals surface area contributed by atoms with Gasteiger partial charge in [0.15, 0.2) is 11.7 Å². The summed E-state index contributed by atoms with van der Waals surface area (Å²) >= 11 is 0. The first-order valence-corrected chi connectivity index (χ1v) is 8.89. The maximum Gasteiger partial charge on any atom is 0.272 e. The smallest absolute Gasteiger partial charge is 0.272 e. The molecule has 25 heavy (non-hydrogen) atoms. The number of benzene rings is 2. The summed E-state index contributed by atoms with van der Waals surface area (Å²) in [5.41, 5.74) is 7.74. The Balaban J connectivity index is 1.65. The second-order valence-electron chi connectivity index (χ2n) is 7.33. The van der Waals surface area contributed by atoms with Gasteiger partial charge in [0.1, 0.15) is 12.7 Å². The maximum atomic E-state index is 6.14. The lowest BCUT2D eigenvalue weighted by Gasteiger charge is -2.22. The average Bonchev–Trinajstić information content (AvgIpc) is 3.13. The molecule has 2 heterocycles. The fraction of sp³-hybridized carbons (Fsp3) is 0.333. The summed E-state index contributed by atoms with van der Waals surface area (Å²) in [6.07, 6.45) is 3.36. The molecule has 0 N–H and O–H groups in total. The zero-order valence-corrected chi connectivity index (χ0v) is 14.9. The van der Waals surface area contributed by atoms with Gasteiger partial charge in [-0.25, -0.2) is 4.57 Å². The predicted molar refractivity (Wildman–Crippen MR) is 94.8 cm³/mol. The Morgan fingerprint density at radius 1 is 1.12 bits per heavy atom. The van der Waals surface area contributed by atoms with Crippen LogP contribution in [0.4, 0.5) is 0 Å². The molecule has 5 rings (SSSR count). The normalized spacial score (nSPS) is 20.9. The van der Waals surface area contributed by atoms with Crippen molar-refractivity contribution < 1.29 is 9.42 Å². The van der Waals surface area contributed by atoms with Gasteiger partial charge in [0.25, 0.3) is 12.2 Å². The highest BCUT2D eigenvalue weighted by Crippen LogP contribution is 2.39. The molecule has 0 fully saturated rings. The Morgan fingerprint density at radius 3 is 2.68 bits per heavy atom. The van der Waals surface area contributed by atoms with Gasteiger partial charge in [0, 0.05) is 12.0 Å². The minimum atomic E-state index is 0.216. The molecule has 3 aromatic rings. The predicted octanol–water partition coefficient (Wildman–Crippen LogP) is 3.13. The number of hydrogen-bond acceptors (Lipinski definition) is 2. The number of ether oxygens (including phenoxy) is 1. The van der Waals surface area contributed by atoms with Crippen molar-refractivity contribution in [1.29, 1.82) is 0 Å². The molecule has 2 aliphatic rings. The van der Waals surface area contributed by atoms with Crippen LogP contribution in [0.25, 0.3) is 5.69 Å². The molecule has 2 atom stereocenters. The van der Waals surface area contributed by atoms with Crippen molar-refractivity contribution in [2.75, 3.05) is 0 Å². The molecule has 1 aromatic heterocycles. The first kappa shape index (κ1) is 14.8. The van der Waals surface area contributed by atoms with E-state index in [1.54, 1.807) is 0 Å². The molecule has 126 valence electrons. The van der Waals surface area contributed by atoms with Crippen LogP contribution in [0.15, 0.2) is 42.7 Å². The van der Waals surface area contributed by atoms with Gasteiger partial charge in [-0.05, 0) is 42.6 Å². The van der Waals surface area contributed by atoms with E-state index in [-0.39, 0.29) is 12.1 Å². The third-order valence-electron chi connectivity index (χ3n) is 5.49. The van der Waals surface area contributed by atoms with E-state index in [9.17, 15) is 0 Å². The van der Waals surface area contributed by atoms with Gasteiger partial charge in [-0.2, -0.15) is 0 Å². The molecule has 0 unspecified atom stereocenters. The van der Waals surface area contributed by atoms with Crippen molar-refractivity contribution in [2.24, 2.45) is 0 Å². The molecule has 1 aliphatic heterocycles. The highest BCUT2D eigenvalue weighted by Gasteiger charge is 2.43. The first-order chi connectivity index (χ1) is 12.1. The number of aromatic nitrogens is 3. The Bertz CT molecular complexity index is 966. The van der Waals surface area contributed by atoms with E-state index in [0.29, 0.717) is 6.61 Å². The summed E-state index contributed by atoms with van der Waals surface area (Å²) in [6, 6.07) is 13.4. The van der Waals surface area contributed by atoms with Gasteiger partial charge < -0.3 is 4.74 Å². The van der Waals surface area contributed by atoms with Crippen molar-refractivity contribution in [2.45, 2.75) is 45.9 Å². The number of nitrogens with zero attached hydrogens (tertiary/aromatic N) is 3. The highest BCUT2D eigenvalue weighted by atomic mass is 16.5. The van der Waals surface area contributed by atoms with Gasteiger partial charge in [-0.15, -0.1) is 0 Å². The van der Waals surface area contributed by atoms with Gasteiger partial charge in [0.2, 0.25) is 0 Å². The van der Waals surface area contributed by atoms with Crippen LogP contribution in [-0.4, -0.2) is 15.8 Å². The number of aryl methyl sites for hydroxylation is 3. The largest absolute Gasteiger partial charge is 0.363 e. The molecule has 0 amide bonds. The third kappa shape index (κ3) is 2.17. The molecular weight excluding hydrogens is 310 g/mol. The van der Waals surface area contributed by atoms with E-state index in [4.69, 9.17) is 9.84 Å². The molecule has 0 saturated heterocycles. The van der Waals surface area contributed by atoms with Gasteiger partial charge >= 0.3 is 0 Å². The van der Waals surface area contributed by atoms with E-state index in [1.165, 1.54) is 33.5 Å². The second-order valence-corrected chi connectivity index (χ2v) is 7.33. The van der Waals surface area contributed by atoms with Crippen LogP contribution in [0.3, 0.4) is 0 Å². The minimum absolute atomic E-state index is 0.216. The van der Waals surface area contributed by atoms with E-state index >= 15 is 0 Å². The van der Waals surface area contributed by atoms with Crippen molar-refractivity contribution in [3.05, 3.63) is 76.4 Å². The maximum absolute atomic E-state index is 6.14. The summed E-state index contributed by atoms with van der Waals surface area (Å²) in [5, 5.41) is 4.86. The zero-order chi connectivity index (χ0) is 17.1. The third-order valence-corrected chi connectivity index (χ3v) is 5.49. The van der Waals surface area contributed by atoms with Gasteiger partial charge in [0.05, 0.1) is 0 Å². The lowest BCUT2D eigenvalue weighted by atomic mass is 10.1. The monoisotopic (exact) mass is 332 g/mol. The summed E-state index contributed by atoms with van der Waals surface area (Å²) in [6.45, 7) is 7.03. The quantitative estimate of drug-likeness (QED) is 0.641. The average molecular weight is 332 g/mol. The minimum Gasteiger partial charge on any atom is -0.363 e. The van der Waals surface area contributed by atoms with Crippen LogP contribution in [0.5, 0.6) is 0 Å². The molecule has 4 heteroatoms. The standard InChI is InChI=1S/C21H22N3O/c1-13-8-14(2)20(15(3)9-13)24-12-23-19(22-24)11-25-18-10-16-6-4-5-7-17(16)21(18)23/h4-9,12,18,21H,10-11H2,1-3H3/q+1/t18-,21+/m0/s1. The topological polar surface area (TPSA) is 30.9 Å². The van der Waals surface area contributed by atoms with E-state index in [2.05, 4.69) is 68.1 Å². The Hall–Kier alpha value is -2.46. The number of rotatable bonds is 1. The fourth-order valence-corrected chi connectivity index (χ4v) is 4.56. The van der Waals surface area contributed by atoms with E-state index < -0.39 is 0 Å². The Labute approximate surface area is 147 Å². The lowest BCUT2D eigenvalue weighted by molar-refractivity contribution is -0.658. The molecular formula is C21H22N3O+. The fourth-order valence-electron chi connectivity index (χ4n) is 4.56. The zero-order valence-electron chi connectivity index (χ0n) is 14.9. The van der Waals surface area contributed by atoms with Crippen molar-refractivity contribution in [1.82, 2.24) is 9.67 Å². The molecule has 2 aromatic carbocycles. The van der Waals surface area contributed by atoms with Gasteiger partial charge in [-0.3, -0.25) is 0 Å². The summed E-state index contributed by atoms with van der Waals surface area (Å²) in [7, 11) is 0. The van der Waals surface area contributed by atoms with Crippen LogP contribution in [0.2, 0.25) is 0 Å². The van der Waals surface area contributed by atoms with E-state index in [0.717, 1.165) is 12.2 Å². The Morgan fingerprint density at radius 2 is 1.88 bits per heavy atom. The van der Waals surface area contributed by atoms with E-state index in [1.807, 2.05) is 4.68 Å². The first-order valence-electron chi connectivity index (χ1n) is 8.89. The Kier molecular flexibility index (Phi) is 3.13. The summed E-state index contributed by atoms with van der Waals surface area (Å²) in [4.78, 5) is 0. The molecule has 0 spiro atoms. The number of fused-ring (bicyclic) bond motifs is 5. The summed E-state index contributed by atoms with van der Waals surface area (Å²) < 4.78 is 10.5. The van der Waals surface area contributed by atoms with Crippen molar-refractivity contribution in [3.8, 4) is 5.69 Å². The van der Waals surface area contributed by atoms with Crippen LogP contribution < -0.4 is 4.68 Å². The molecule has 4 nitrogen and oxygen atoms in total.